The van der Waals surface area contributed by atoms with E-state index in [1.165, 1.54) is 4.90 Å². The van der Waals surface area contributed by atoms with E-state index in [1.807, 2.05) is 0 Å². The molecule has 1 aliphatic heterocycles. The Morgan fingerprint density at radius 3 is 2.17 bits per heavy atom. The highest BCUT2D eigenvalue weighted by molar-refractivity contribution is 14.1. The standard InChI is InChI=1S/C12H12INO4/c13-18-8-7-17-6-5-14-11(15)9-3-1-2-4-10(9)12(14)16/h1-4H,5-8H2. The third-order valence-corrected chi connectivity index (χ3v) is 3.08. The van der Waals surface area contributed by atoms with E-state index in [2.05, 4.69) is 0 Å². The van der Waals surface area contributed by atoms with Gasteiger partial charge in [-0.05, 0) is 12.1 Å². The Balaban J connectivity index is 1.93. The lowest BCUT2D eigenvalue weighted by molar-refractivity contribution is 0.0544. The zero-order valence-electron chi connectivity index (χ0n) is 9.60. The number of hydrogen-bond donors (Lipinski definition) is 0. The molecule has 0 saturated heterocycles. The highest BCUT2D eigenvalue weighted by atomic mass is 127. The molecule has 0 bridgehead atoms. The number of ether oxygens (including phenoxy) is 1. The van der Waals surface area contributed by atoms with Crippen LogP contribution in [0.2, 0.25) is 0 Å². The Kier molecular flexibility index (Phi) is 4.67. The first-order chi connectivity index (χ1) is 8.75. The molecule has 0 unspecified atom stereocenters. The summed E-state index contributed by atoms with van der Waals surface area (Å²) in [5.41, 5.74) is 0.941. The second-order valence-corrected chi connectivity index (χ2v) is 4.36. The van der Waals surface area contributed by atoms with Crippen molar-refractivity contribution in [3.8, 4) is 0 Å². The Labute approximate surface area is 119 Å². The fraction of sp³-hybridized carbons (Fsp3) is 0.333. The molecular weight excluding hydrogens is 349 g/mol. The van der Waals surface area contributed by atoms with Crippen LogP contribution >= 0.6 is 23.0 Å². The molecule has 0 aliphatic carbocycles. The van der Waals surface area contributed by atoms with Crippen molar-refractivity contribution < 1.29 is 17.4 Å². The van der Waals surface area contributed by atoms with Gasteiger partial charge in [-0.1, -0.05) is 12.1 Å². The van der Waals surface area contributed by atoms with Gasteiger partial charge in [0.15, 0.2) is 0 Å². The molecule has 18 heavy (non-hydrogen) atoms. The van der Waals surface area contributed by atoms with Gasteiger partial charge in [0, 0.05) is 0 Å². The molecule has 0 N–H and O–H groups in total. The summed E-state index contributed by atoms with van der Waals surface area (Å²) in [6.45, 7) is 1.54. The van der Waals surface area contributed by atoms with Crippen LogP contribution in [0.1, 0.15) is 20.7 Å². The van der Waals surface area contributed by atoms with E-state index in [1.54, 1.807) is 47.3 Å². The van der Waals surface area contributed by atoms with Crippen molar-refractivity contribution in [3.05, 3.63) is 35.4 Å². The minimum Gasteiger partial charge on any atom is -0.377 e. The average Bonchev–Trinajstić information content (AvgIpc) is 2.64. The fourth-order valence-electron chi connectivity index (χ4n) is 1.79. The van der Waals surface area contributed by atoms with Crippen molar-refractivity contribution in [2.75, 3.05) is 26.4 Å². The fourth-order valence-corrected chi connectivity index (χ4v) is 1.97. The molecule has 0 saturated carbocycles. The zero-order chi connectivity index (χ0) is 13.0. The summed E-state index contributed by atoms with van der Waals surface area (Å²) >= 11 is 1.79. The van der Waals surface area contributed by atoms with Gasteiger partial charge in [0.2, 0.25) is 0 Å². The van der Waals surface area contributed by atoms with Crippen LogP contribution in [0, 0.1) is 0 Å². The topological polar surface area (TPSA) is 55.8 Å². The zero-order valence-corrected chi connectivity index (χ0v) is 11.8. The van der Waals surface area contributed by atoms with Crippen LogP contribution in [0.25, 0.3) is 0 Å². The number of imide groups is 1. The lowest BCUT2D eigenvalue weighted by Gasteiger charge is -2.13. The van der Waals surface area contributed by atoms with Gasteiger partial charge in [-0.15, -0.1) is 0 Å². The van der Waals surface area contributed by atoms with E-state index in [0.717, 1.165) is 0 Å². The summed E-state index contributed by atoms with van der Waals surface area (Å²) in [5, 5.41) is 0. The Morgan fingerprint density at radius 1 is 1.00 bits per heavy atom. The van der Waals surface area contributed by atoms with E-state index in [4.69, 9.17) is 7.80 Å². The van der Waals surface area contributed by atoms with Gasteiger partial charge in [-0.25, -0.2) is 0 Å². The molecule has 1 aliphatic rings. The van der Waals surface area contributed by atoms with Gasteiger partial charge >= 0.3 is 0 Å². The molecule has 0 spiro atoms. The maximum Gasteiger partial charge on any atom is 0.261 e. The maximum absolute atomic E-state index is 12.0. The highest BCUT2D eigenvalue weighted by Gasteiger charge is 2.34. The summed E-state index contributed by atoms with van der Waals surface area (Å²) in [5.74, 6) is -0.492. The molecule has 6 heteroatoms. The number of hydrogen-bond acceptors (Lipinski definition) is 4. The molecule has 0 atom stereocenters. The van der Waals surface area contributed by atoms with Crippen molar-refractivity contribution in [1.29, 1.82) is 0 Å². The van der Waals surface area contributed by atoms with Crippen LogP contribution in [-0.4, -0.2) is 43.1 Å². The molecule has 2 amide bonds. The molecular formula is C12H12INO4. The van der Waals surface area contributed by atoms with Crippen molar-refractivity contribution in [3.63, 3.8) is 0 Å². The summed E-state index contributed by atoms with van der Waals surface area (Å²) in [6.07, 6.45) is 0. The summed E-state index contributed by atoms with van der Waals surface area (Å²) < 4.78 is 10.1. The molecule has 1 aromatic carbocycles. The Hall–Kier alpha value is -0.990. The van der Waals surface area contributed by atoms with Crippen molar-refractivity contribution in [2.24, 2.45) is 0 Å². The van der Waals surface area contributed by atoms with Crippen LogP contribution in [0.4, 0.5) is 0 Å². The Bertz CT molecular complexity index is 428. The largest absolute Gasteiger partial charge is 0.377 e. The summed E-state index contributed by atoms with van der Waals surface area (Å²) in [7, 11) is 0. The predicted octanol–water partition coefficient (Wildman–Crippen LogP) is 1.67. The number of nitrogens with zero attached hydrogens (tertiary/aromatic N) is 1. The lowest BCUT2D eigenvalue weighted by atomic mass is 10.1. The molecule has 0 fully saturated rings. The van der Waals surface area contributed by atoms with Gasteiger partial charge < -0.3 is 7.80 Å². The second-order valence-electron chi connectivity index (χ2n) is 3.73. The molecule has 96 valence electrons. The van der Waals surface area contributed by atoms with E-state index in [0.29, 0.717) is 30.9 Å². The first-order valence-corrected chi connectivity index (χ1v) is 6.40. The molecule has 0 aromatic heterocycles. The van der Waals surface area contributed by atoms with Gasteiger partial charge in [-0.2, -0.15) is 0 Å². The number of amides is 2. The highest BCUT2D eigenvalue weighted by Crippen LogP contribution is 2.21. The second kappa shape index (κ2) is 6.26. The first-order valence-electron chi connectivity index (χ1n) is 5.52. The normalized spacial score (nSPS) is 14.2. The molecule has 2 rings (SSSR count). The Morgan fingerprint density at radius 2 is 1.61 bits per heavy atom. The van der Waals surface area contributed by atoms with E-state index in [-0.39, 0.29) is 18.4 Å². The van der Waals surface area contributed by atoms with Gasteiger partial charge in [-0.3, -0.25) is 14.5 Å². The average molecular weight is 361 g/mol. The lowest BCUT2D eigenvalue weighted by Crippen LogP contribution is -2.33. The van der Waals surface area contributed by atoms with E-state index >= 15 is 0 Å². The summed E-state index contributed by atoms with van der Waals surface area (Å²) in [6, 6.07) is 6.84. The number of rotatable bonds is 6. The van der Waals surface area contributed by atoms with Crippen LogP contribution in [0.5, 0.6) is 0 Å². The number of carbonyl (C=O) groups excluding carboxylic acids is 2. The predicted molar refractivity (Wildman–Crippen MR) is 72.6 cm³/mol. The van der Waals surface area contributed by atoms with Crippen LogP contribution in [0.3, 0.4) is 0 Å². The van der Waals surface area contributed by atoms with Crippen molar-refractivity contribution in [1.82, 2.24) is 4.90 Å². The molecule has 0 radical (unpaired) electrons. The van der Waals surface area contributed by atoms with Gasteiger partial charge in [0.1, 0.15) is 23.0 Å². The maximum atomic E-state index is 12.0. The number of halogens is 1. The minimum absolute atomic E-state index is 0.246. The first kappa shape index (κ1) is 13.4. The van der Waals surface area contributed by atoms with Crippen molar-refractivity contribution in [2.45, 2.75) is 0 Å². The quantitative estimate of drug-likeness (QED) is 0.440. The third kappa shape index (κ3) is 2.70. The number of benzene rings is 1. The molecule has 1 aromatic rings. The minimum atomic E-state index is -0.246. The van der Waals surface area contributed by atoms with E-state index in [9.17, 15) is 9.59 Å². The van der Waals surface area contributed by atoms with Gasteiger partial charge in [0.05, 0.1) is 37.5 Å². The van der Waals surface area contributed by atoms with Crippen LogP contribution in [-0.2, 0) is 7.80 Å². The van der Waals surface area contributed by atoms with Crippen molar-refractivity contribution >= 4 is 34.8 Å². The van der Waals surface area contributed by atoms with Gasteiger partial charge in [0.25, 0.3) is 11.8 Å². The van der Waals surface area contributed by atoms with Crippen LogP contribution < -0.4 is 0 Å². The molecule has 5 nitrogen and oxygen atoms in total. The van der Waals surface area contributed by atoms with Crippen LogP contribution in [0.15, 0.2) is 24.3 Å². The third-order valence-electron chi connectivity index (χ3n) is 2.64. The number of carbonyl (C=O) groups is 2. The molecule has 1 heterocycles. The smallest absolute Gasteiger partial charge is 0.261 e. The SMILES string of the molecule is O=C1c2ccccc2C(=O)N1CCOCCOI. The van der Waals surface area contributed by atoms with E-state index < -0.39 is 0 Å². The monoisotopic (exact) mass is 361 g/mol. The number of fused-ring (bicyclic) bond motifs is 1. The summed E-state index contributed by atoms with van der Waals surface area (Å²) in [4.78, 5) is 25.1.